The van der Waals surface area contributed by atoms with Gasteiger partial charge in [0.2, 0.25) is 0 Å². The zero-order valence-corrected chi connectivity index (χ0v) is 18.2. The molecule has 0 radical (unpaired) electrons. The van der Waals surface area contributed by atoms with Crippen molar-refractivity contribution >= 4 is 33.6 Å². The molecule has 2 nitrogen and oxygen atoms in total. The molecule has 0 spiro atoms. The monoisotopic (exact) mass is 386 g/mol. The van der Waals surface area contributed by atoms with Crippen LogP contribution in [-0.2, 0) is 11.2 Å². The van der Waals surface area contributed by atoms with Gasteiger partial charge in [-0.3, -0.25) is 4.98 Å². The van der Waals surface area contributed by atoms with Crippen LogP contribution in [0.5, 0.6) is 0 Å². The number of pyridine rings is 1. The molecule has 0 saturated heterocycles. The maximum atomic E-state index is 4.83. The Bertz CT molecular complexity index is 688. The van der Waals surface area contributed by atoms with Gasteiger partial charge in [0.25, 0.3) is 0 Å². The topological polar surface area (TPSA) is 25.2 Å². The Labute approximate surface area is 167 Å². The average molecular weight is 387 g/mol. The van der Waals surface area contributed by atoms with Gasteiger partial charge in [-0.05, 0) is 35.1 Å². The number of benzene rings is 1. The van der Waals surface area contributed by atoms with Gasteiger partial charge in [0.1, 0.15) is 4.38 Å². The molecule has 0 aliphatic carbocycles. The number of aromatic nitrogens is 1. The normalized spacial score (nSPS) is 13.7. The van der Waals surface area contributed by atoms with E-state index in [0.29, 0.717) is 5.25 Å². The van der Waals surface area contributed by atoms with Crippen molar-refractivity contribution in [3.05, 3.63) is 59.9 Å². The van der Waals surface area contributed by atoms with Gasteiger partial charge in [-0.2, -0.15) is 0 Å². The highest BCUT2D eigenvalue weighted by Crippen LogP contribution is 2.30. The SMILES string of the molecule is CCCC(C)SC(=Nc1cccnc1)SCc1ccc(C(C)(C)C)cc1. The Morgan fingerprint density at radius 2 is 1.88 bits per heavy atom. The van der Waals surface area contributed by atoms with Crippen LogP contribution in [0.4, 0.5) is 5.69 Å². The summed E-state index contributed by atoms with van der Waals surface area (Å²) < 4.78 is 1.12. The van der Waals surface area contributed by atoms with Crippen molar-refractivity contribution in [3.8, 4) is 0 Å². The van der Waals surface area contributed by atoms with Crippen LogP contribution in [0.1, 0.15) is 58.6 Å². The molecule has 0 aliphatic heterocycles. The van der Waals surface area contributed by atoms with Crippen molar-refractivity contribution in [1.82, 2.24) is 4.98 Å². The van der Waals surface area contributed by atoms with Crippen LogP contribution in [0.15, 0.2) is 53.8 Å². The maximum absolute atomic E-state index is 4.83. The molecular formula is C22H30N2S2. The summed E-state index contributed by atoms with van der Waals surface area (Å²) in [6, 6.07) is 12.9. The van der Waals surface area contributed by atoms with E-state index >= 15 is 0 Å². The van der Waals surface area contributed by atoms with Gasteiger partial charge in [0.15, 0.2) is 0 Å². The van der Waals surface area contributed by atoms with Gasteiger partial charge in [0.05, 0.1) is 11.9 Å². The number of hydrogen-bond acceptors (Lipinski definition) is 4. The zero-order chi connectivity index (χ0) is 19.0. The molecule has 1 atom stereocenters. The van der Waals surface area contributed by atoms with Crippen molar-refractivity contribution in [2.45, 2.75) is 63.9 Å². The molecule has 4 heteroatoms. The van der Waals surface area contributed by atoms with Gasteiger partial charge in [0, 0.05) is 17.2 Å². The third kappa shape index (κ3) is 7.16. The first-order valence-corrected chi connectivity index (χ1v) is 11.1. The number of thioether (sulfide) groups is 2. The van der Waals surface area contributed by atoms with Gasteiger partial charge in [-0.25, -0.2) is 4.99 Å². The van der Waals surface area contributed by atoms with Gasteiger partial charge < -0.3 is 0 Å². The van der Waals surface area contributed by atoms with Crippen LogP contribution in [-0.4, -0.2) is 14.6 Å². The summed E-state index contributed by atoms with van der Waals surface area (Å²) in [5.41, 5.74) is 3.84. The second kappa shape index (κ2) is 10.2. The highest BCUT2D eigenvalue weighted by molar-refractivity contribution is 8.38. The number of nitrogens with zero attached hydrogens (tertiary/aromatic N) is 2. The molecule has 1 heterocycles. The standard InChI is InChI=1S/C22H30N2S2/c1-6-8-17(2)26-21(24-20-9-7-14-23-15-20)25-16-18-10-12-19(13-11-18)22(3,4)5/h7,9-15,17H,6,8,16H2,1-5H3. The van der Waals surface area contributed by atoms with Crippen LogP contribution in [0.2, 0.25) is 0 Å². The van der Waals surface area contributed by atoms with Crippen molar-refractivity contribution in [3.63, 3.8) is 0 Å². The smallest absolute Gasteiger partial charge is 0.131 e. The summed E-state index contributed by atoms with van der Waals surface area (Å²) in [7, 11) is 0. The summed E-state index contributed by atoms with van der Waals surface area (Å²) in [5, 5.41) is 0.575. The van der Waals surface area contributed by atoms with Crippen molar-refractivity contribution < 1.29 is 0 Å². The van der Waals surface area contributed by atoms with Crippen LogP contribution < -0.4 is 0 Å². The van der Waals surface area contributed by atoms with E-state index in [1.807, 2.05) is 41.9 Å². The van der Waals surface area contributed by atoms with Crippen molar-refractivity contribution in [1.29, 1.82) is 0 Å². The average Bonchev–Trinajstić information content (AvgIpc) is 2.60. The van der Waals surface area contributed by atoms with E-state index in [9.17, 15) is 0 Å². The van der Waals surface area contributed by atoms with Crippen LogP contribution in [0.25, 0.3) is 0 Å². The lowest BCUT2D eigenvalue weighted by Crippen LogP contribution is -2.10. The number of aliphatic imine (C=N–C) groups is 1. The third-order valence-corrected chi connectivity index (χ3v) is 6.43. The minimum absolute atomic E-state index is 0.198. The van der Waals surface area contributed by atoms with E-state index in [4.69, 9.17) is 4.99 Å². The number of hydrogen-bond donors (Lipinski definition) is 0. The molecule has 2 rings (SSSR count). The first-order valence-electron chi connectivity index (χ1n) is 9.26. The summed E-state index contributed by atoms with van der Waals surface area (Å²) in [6.07, 6.45) is 6.02. The highest BCUT2D eigenvalue weighted by Gasteiger charge is 2.13. The predicted molar refractivity (Wildman–Crippen MR) is 120 cm³/mol. The fourth-order valence-corrected chi connectivity index (χ4v) is 4.95. The fourth-order valence-electron chi connectivity index (χ4n) is 2.50. The molecule has 0 bridgehead atoms. The summed E-state index contributed by atoms with van der Waals surface area (Å²) in [4.78, 5) is 9.01. The van der Waals surface area contributed by atoms with Crippen molar-refractivity contribution in [2.75, 3.05) is 0 Å². The van der Waals surface area contributed by atoms with Crippen LogP contribution >= 0.6 is 23.5 Å². The Hall–Kier alpha value is -1.26. The second-order valence-electron chi connectivity index (χ2n) is 7.54. The Kier molecular flexibility index (Phi) is 8.23. The van der Waals surface area contributed by atoms with Crippen LogP contribution in [0, 0.1) is 0 Å². The molecule has 26 heavy (non-hydrogen) atoms. The lowest BCUT2D eigenvalue weighted by molar-refractivity contribution is 0.590. The van der Waals surface area contributed by atoms with E-state index in [1.165, 1.54) is 24.0 Å². The van der Waals surface area contributed by atoms with Crippen molar-refractivity contribution in [2.24, 2.45) is 4.99 Å². The van der Waals surface area contributed by atoms with Gasteiger partial charge in [-0.1, -0.05) is 88.8 Å². The molecule has 0 amide bonds. The van der Waals surface area contributed by atoms with E-state index < -0.39 is 0 Å². The Balaban J connectivity index is 2.07. The molecular weight excluding hydrogens is 356 g/mol. The van der Waals surface area contributed by atoms with E-state index in [0.717, 1.165) is 15.8 Å². The minimum atomic E-state index is 0.198. The highest BCUT2D eigenvalue weighted by atomic mass is 32.2. The fraction of sp³-hybridized carbons (Fsp3) is 0.455. The maximum Gasteiger partial charge on any atom is 0.131 e. The Morgan fingerprint density at radius 1 is 1.15 bits per heavy atom. The molecule has 140 valence electrons. The molecule has 1 aromatic carbocycles. The summed E-state index contributed by atoms with van der Waals surface area (Å²) in [5.74, 6) is 0.940. The molecule has 0 saturated carbocycles. The molecule has 1 aromatic heterocycles. The van der Waals surface area contributed by atoms with E-state index in [2.05, 4.69) is 63.9 Å². The second-order valence-corrected chi connectivity index (χ2v) is 10.2. The lowest BCUT2D eigenvalue weighted by Gasteiger charge is -2.19. The van der Waals surface area contributed by atoms with Crippen LogP contribution in [0.3, 0.4) is 0 Å². The largest absolute Gasteiger partial charge is 0.262 e. The molecule has 0 aliphatic rings. The number of rotatable bonds is 6. The molecule has 2 aromatic rings. The molecule has 0 fully saturated rings. The minimum Gasteiger partial charge on any atom is -0.262 e. The quantitative estimate of drug-likeness (QED) is 0.387. The summed E-state index contributed by atoms with van der Waals surface area (Å²) >= 11 is 3.70. The van der Waals surface area contributed by atoms with Gasteiger partial charge >= 0.3 is 0 Å². The van der Waals surface area contributed by atoms with Gasteiger partial charge in [-0.15, -0.1) is 0 Å². The first kappa shape index (κ1) is 21.0. The lowest BCUT2D eigenvalue weighted by atomic mass is 9.87. The Morgan fingerprint density at radius 3 is 2.46 bits per heavy atom. The molecule has 0 N–H and O–H groups in total. The summed E-state index contributed by atoms with van der Waals surface area (Å²) in [6.45, 7) is 11.3. The predicted octanol–water partition coefficient (Wildman–Crippen LogP) is 7.22. The third-order valence-electron chi connectivity index (χ3n) is 4.05. The first-order chi connectivity index (χ1) is 12.4. The van der Waals surface area contributed by atoms with E-state index in [-0.39, 0.29) is 5.41 Å². The zero-order valence-electron chi connectivity index (χ0n) is 16.5. The van der Waals surface area contributed by atoms with E-state index in [1.54, 1.807) is 6.20 Å². The molecule has 1 unspecified atom stereocenters.